The van der Waals surface area contributed by atoms with Crippen molar-refractivity contribution >= 4 is 35.9 Å². The zero-order chi connectivity index (χ0) is 31.0. The number of alkyl carbamates (subject to hydrolysis) is 1. The van der Waals surface area contributed by atoms with E-state index in [1.165, 1.54) is 12.0 Å². The number of amides is 4. The minimum atomic E-state index is -1.20. The van der Waals surface area contributed by atoms with Gasteiger partial charge in [0, 0.05) is 13.0 Å². The maximum atomic E-state index is 14.2. The zero-order valence-corrected chi connectivity index (χ0v) is 25.0. The first-order chi connectivity index (χ1) is 19.3. The molecular formula is C30H46N4O7. The average Bonchev–Trinajstić information content (AvgIpc) is 2.91. The fourth-order valence-corrected chi connectivity index (χ4v) is 4.10. The maximum absolute atomic E-state index is 14.2. The summed E-state index contributed by atoms with van der Waals surface area (Å²) in [5.41, 5.74) is 5.74. The second-order valence-corrected chi connectivity index (χ2v) is 10.7. The zero-order valence-electron chi connectivity index (χ0n) is 25.0. The molecule has 228 valence electrons. The van der Waals surface area contributed by atoms with Crippen LogP contribution in [0, 0.1) is 0 Å². The Morgan fingerprint density at radius 2 is 1.78 bits per heavy atom. The third-order valence-corrected chi connectivity index (χ3v) is 6.11. The maximum Gasteiger partial charge on any atom is 0.408 e. The van der Waals surface area contributed by atoms with Crippen molar-refractivity contribution in [3.63, 3.8) is 0 Å². The lowest BCUT2D eigenvalue weighted by atomic mass is 9.99. The van der Waals surface area contributed by atoms with E-state index in [2.05, 4.69) is 28.9 Å². The Bertz CT molecular complexity index is 1050. The Morgan fingerprint density at radius 3 is 2.37 bits per heavy atom. The van der Waals surface area contributed by atoms with Crippen LogP contribution < -0.4 is 16.4 Å². The minimum Gasteiger partial charge on any atom is -0.468 e. The molecule has 1 aromatic carbocycles. The van der Waals surface area contributed by atoms with E-state index in [4.69, 9.17) is 10.5 Å². The van der Waals surface area contributed by atoms with Gasteiger partial charge >= 0.3 is 12.1 Å². The van der Waals surface area contributed by atoms with Crippen LogP contribution in [0.15, 0.2) is 30.8 Å². The monoisotopic (exact) mass is 574 g/mol. The van der Waals surface area contributed by atoms with Crippen molar-refractivity contribution in [1.82, 2.24) is 15.5 Å². The molecule has 0 bridgehead atoms. The highest BCUT2D eigenvalue weighted by atomic mass is 16.6. The molecule has 2 unspecified atom stereocenters. The van der Waals surface area contributed by atoms with Crippen LogP contribution >= 0.6 is 0 Å². The van der Waals surface area contributed by atoms with Crippen molar-refractivity contribution in [3.8, 4) is 0 Å². The summed E-state index contributed by atoms with van der Waals surface area (Å²) in [6.07, 6.45) is 4.90. The number of hydrogen-bond donors (Lipinski definition) is 3. The molecular weight excluding hydrogens is 528 g/mol. The van der Waals surface area contributed by atoms with Gasteiger partial charge in [-0.1, -0.05) is 63.5 Å². The van der Waals surface area contributed by atoms with Crippen LogP contribution in [0.3, 0.4) is 0 Å². The Morgan fingerprint density at radius 1 is 1.10 bits per heavy atom. The predicted molar refractivity (Wildman–Crippen MR) is 156 cm³/mol. The van der Waals surface area contributed by atoms with E-state index in [1.807, 2.05) is 0 Å². The Kier molecular flexibility index (Phi) is 15.2. The normalized spacial score (nSPS) is 12.4. The van der Waals surface area contributed by atoms with Crippen LogP contribution in [0.2, 0.25) is 0 Å². The predicted octanol–water partition coefficient (Wildman–Crippen LogP) is 3.62. The van der Waals surface area contributed by atoms with E-state index in [0.717, 1.165) is 31.2 Å². The molecule has 0 spiro atoms. The topological polar surface area (TPSA) is 157 Å². The molecule has 4 amide bonds. The van der Waals surface area contributed by atoms with Gasteiger partial charge in [-0.25, -0.2) is 4.79 Å². The number of benzene rings is 1. The van der Waals surface area contributed by atoms with E-state index in [9.17, 15) is 24.0 Å². The number of nitrogens with zero attached hydrogens (tertiary/aromatic N) is 1. The van der Waals surface area contributed by atoms with Crippen LogP contribution in [0.4, 0.5) is 4.79 Å². The van der Waals surface area contributed by atoms with Crippen LogP contribution in [0.1, 0.15) is 89.8 Å². The summed E-state index contributed by atoms with van der Waals surface area (Å²) in [6, 6.07) is 4.61. The number of rotatable bonds is 17. The average molecular weight is 575 g/mol. The van der Waals surface area contributed by atoms with E-state index < -0.39 is 54.0 Å². The molecule has 1 rings (SSSR count). The summed E-state index contributed by atoms with van der Waals surface area (Å²) in [7, 11) is 1.21. The lowest BCUT2D eigenvalue weighted by Crippen LogP contribution is -2.53. The molecule has 11 nitrogen and oxygen atoms in total. The van der Waals surface area contributed by atoms with Crippen molar-refractivity contribution < 1.29 is 33.4 Å². The van der Waals surface area contributed by atoms with Gasteiger partial charge in [0.15, 0.2) is 0 Å². The second-order valence-electron chi connectivity index (χ2n) is 10.7. The van der Waals surface area contributed by atoms with E-state index >= 15 is 0 Å². The van der Waals surface area contributed by atoms with Gasteiger partial charge in [-0.2, -0.15) is 0 Å². The molecule has 1 aromatic rings. The van der Waals surface area contributed by atoms with Gasteiger partial charge < -0.3 is 30.7 Å². The lowest BCUT2D eigenvalue weighted by molar-refractivity contribution is -0.145. The molecule has 0 fully saturated rings. The number of primary amides is 1. The highest BCUT2D eigenvalue weighted by Crippen LogP contribution is 2.26. The van der Waals surface area contributed by atoms with Gasteiger partial charge in [0.25, 0.3) is 0 Å². The summed E-state index contributed by atoms with van der Waals surface area (Å²) in [5.74, 6) is -2.49. The molecule has 0 heterocycles. The summed E-state index contributed by atoms with van der Waals surface area (Å²) in [4.78, 5) is 65.3. The Labute approximate surface area is 243 Å². The lowest BCUT2D eigenvalue weighted by Gasteiger charge is -2.34. The fourth-order valence-electron chi connectivity index (χ4n) is 4.10. The standard InChI is InChI=1S/C30H46N4O7/c1-7-9-10-11-12-18-34(28(38)23(16-17-24(31)35)33-29(39)41-30(3,4)5)26(27(37)32-20-25(36)40-6)22-15-13-14-21(8-2)19-22/h8,13-15,19,23,26H,2,7,9-12,16-18,20H2,1,3-6H3,(H2,31,35)(H,32,37)(H,33,39). The van der Waals surface area contributed by atoms with E-state index in [-0.39, 0.29) is 19.4 Å². The number of esters is 1. The first-order valence-electron chi connectivity index (χ1n) is 14.0. The number of carbonyl (C=O) groups is 5. The fraction of sp³-hybridized carbons (Fsp3) is 0.567. The van der Waals surface area contributed by atoms with Crippen LogP contribution in [0.5, 0.6) is 0 Å². The van der Waals surface area contributed by atoms with Crippen LogP contribution in [-0.4, -0.2) is 66.5 Å². The Hall–Kier alpha value is -3.89. The summed E-state index contributed by atoms with van der Waals surface area (Å²) >= 11 is 0. The van der Waals surface area contributed by atoms with Crippen molar-refractivity contribution in [2.45, 2.75) is 90.3 Å². The van der Waals surface area contributed by atoms with Crippen LogP contribution in [-0.2, 0) is 28.7 Å². The molecule has 0 radical (unpaired) electrons. The van der Waals surface area contributed by atoms with E-state index in [1.54, 1.807) is 51.1 Å². The van der Waals surface area contributed by atoms with Gasteiger partial charge in [-0.15, -0.1) is 0 Å². The molecule has 0 aromatic heterocycles. The molecule has 2 atom stereocenters. The van der Waals surface area contributed by atoms with Gasteiger partial charge in [0.1, 0.15) is 24.2 Å². The molecule has 4 N–H and O–H groups in total. The summed E-state index contributed by atoms with van der Waals surface area (Å²) in [6.45, 7) is 10.7. The van der Waals surface area contributed by atoms with Gasteiger partial charge in [-0.3, -0.25) is 19.2 Å². The van der Waals surface area contributed by atoms with Gasteiger partial charge in [0.2, 0.25) is 17.7 Å². The first kappa shape index (κ1) is 35.1. The second kappa shape index (κ2) is 17.7. The number of hydrogen-bond acceptors (Lipinski definition) is 7. The SMILES string of the molecule is C=Cc1cccc(C(C(=O)NCC(=O)OC)N(CCCCCCC)C(=O)C(CCC(N)=O)NC(=O)OC(C)(C)C)c1. The molecule has 11 heteroatoms. The van der Waals surface area contributed by atoms with Crippen molar-refractivity contribution in [1.29, 1.82) is 0 Å². The summed E-state index contributed by atoms with van der Waals surface area (Å²) in [5, 5.41) is 5.12. The molecule has 0 aliphatic carbocycles. The minimum absolute atomic E-state index is 0.0943. The van der Waals surface area contributed by atoms with E-state index in [0.29, 0.717) is 12.0 Å². The van der Waals surface area contributed by atoms with Crippen LogP contribution in [0.25, 0.3) is 6.08 Å². The number of nitrogens with two attached hydrogens (primary N) is 1. The van der Waals surface area contributed by atoms with Gasteiger partial charge in [0.05, 0.1) is 7.11 Å². The Balaban J connectivity index is 3.55. The number of ether oxygens (including phenoxy) is 2. The van der Waals surface area contributed by atoms with Gasteiger partial charge in [-0.05, 0) is 50.8 Å². The highest BCUT2D eigenvalue weighted by molar-refractivity contribution is 5.93. The molecule has 0 aliphatic rings. The molecule has 0 aliphatic heterocycles. The number of nitrogens with one attached hydrogen (secondary N) is 2. The molecule has 41 heavy (non-hydrogen) atoms. The smallest absolute Gasteiger partial charge is 0.408 e. The first-order valence-corrected chi connectivity index (χ1v) is 14.0. The quantitative estimate of drug-likeness (QED) is 0.189. The summed E-state index contributed by atoms with van der Waals surface area (Å²) < 4.78 is 10.0. The number of unbranched alkanes of at least 4 members (excludes halogenated alkanes) is 4. The molecule has 0 saturated carbocycles. The highest BCUT2D eigenvalue weighted by Gasteiger charge is 2.36. The largest absolute Gasteiger partial charge is 0.468 e. The third kappa shape index (κ3) is 13.3. The number of carbonyl (C=O) groups excluding carboxylic acids is 5. The van der Waals surface area contributed by atoms with Crippen molar-refractivity contribution in [2.24, 2.45) is 5.73 Å². The molecule has 0 saturated heterocycles. The van der Waals surface area contributed by atoms with Crippen molar-refractivity contribution in [3.05, 3.63) is 42.0 Å². The van der Waals surface area contributed by atoms with Crippen molar-refractivity contribution in [2.75, 3.05) is 20.2 Å². The number of methoxy groups -OCH3 is 1. The third-order valence-electron chi connectivity index (χ3n) is 6.11.